The van der Waals surface area contributed by atoms with Crippen LogP contribution in [0.3, 0.4) is 0 Å². The number of benzene rings is 1. The fourth-order valence-electron chi connectivity index (χ4n) is 2.35. The smallest absolute Gasteiger partial charge is 0.306 e. The average molecular weight is 307 g/mol. The van der Waals surface area contributed by atoms with Gasteiger partial charge in [-0.1, -0.05) is 18.2 Å². The highest BCUT2D eigenvalue weighted by molar-refractivity contribution is 5.76. The lowest BCUT2D eigenvalue weighted by molar-refractivity contribution is -0.147. The molecule has 1 aromatic carbocycles. The van der Waals surface area contributed by atoms with Gasteiger partial charge in [-0.3, -0.25) is 9.59 Å². The van der Waals surface area contributed by atoms with Gasteiger partial charge in [0.25, 0.3) is 0 Å². The van der Waals surface area contributed by atoms with Crippen molar-refractivity contribution in [2.45, 2.75) is 25.4 Å². The van der Waals surface area contributed by atoms with E-state index >= 15 is 0 Å². The molecule has 1 fully saturated rings. The van der Waals surface area contributed by atoms with Crippen molar-refractivity contribution in [2.75, 3.05) is 26.3 Å². The topological polar surface area (TPSA) is 76.1 Å². The van der Waals surface area contributed by atoms with E-state index in [-0.39, 0.29) is 12.3 Å². The summed E-state index contributed by atoms with van der Waals surface area (Å²) in [6, 6.07) is 9.47. The zero-order valence-electron chi connectivity index (χ0n) is 12.4. The maximum Gasteiger partial charge on any atom is 0.306 e. The Morgan fingerprint density at radius 3 is 2.82 bits per heavy atom. The Hall–Kier alpha value is -2.08. The molecule has 1 N–H and O–H groups in total. The van der Waals surface area contributed by atoms with Crippen molar-refractivity contribution in [3.05, 3.63) is 30.3 Å². The lowest BCUT2D eigenvalue weighted by atomic mass is 10.2. The second-order valence-corrected chi connectivity index (χ2v) is 5.20. The Bertz CT molecular complexity index is 491. The predicted molar refractivity (Wildman–Crippen MR) is 79.7 cm³/mol. The maximum atomic E-state index is 12.1. The van der Waals surface area contributed by atoms with Crippen LogP contribution in [0.4, 0.5) is 0 Å². The van der Waals surface area contributed by atoms with E-state index in [9.17, 15) is 9.59 Å². The summed E-state index contributed by atoms with van der Waals surface area (Å²) in [5, 5.41) is 8.77. The third-order valence-corrected chi connectivity index (χ3v) is 3.44. The van der Waals surface area contributed by atoms with Gasteiger partial charge >= 0.3 is 5.97 Å². The number of carbonyl (C=O) groups is 2. The molecule has 6 heteroatoms. The first kappa shape index (κ1) is 16.3. The summed E-state index contributed by atoms with van der Waals surface area (Å²) in [4.78, 5) is 24.5. The molecule has 0 saturated carbocycles. The number of para-hydroxylation sites is 1. The number of nitrogens with zero attached hydrogens (tertiary/aromatic N) is 1. The number of carbonyl (C=O) groups excluding carboxylic acids is 1. The van der Waals surface area contributed by atoms with E-state index < -0.39 is 12.1 Å². The summed E-state index contributed by atoms with van der Waals surface area (Å²) in [5.74, 6) is -0.0891. The molecule has 6 nitrogen and oxygen atoms in total. The van der Waals surface area contributed by atoms with Gasteiger partial charge in [-0.05, 0) is 18.6 Å². The number of rotatable bonds is 7. The van der Waals surface area contributed by atoms with Gasteiger partial charge in [0.2, 0.25) is 5.91 Å². The van der Waals surface area contributed by atoms with Gasteiger partial charge < -0.3 is 19.5 Å². The van der Waals surface area contributed by atoms with Crippen molar-refractivity contribution in [1.29, 1.82) is 0 Å². The molecule has 1 aliphatic heterocycles. The third kappa shape index (κ3) is 5.37. The number of aliphatic carboxylic acids is 1. The number of carboxylic acids is 1. The Morgan fingerprint density at radius 2 is 2.09 bits per heavy atom. The third-order valence-electron chi connectivity index (χ3n) is 3.44. The van der Waals surface area contributed by atoms with Gasteiger partial charge in [0, 0.05) is 19.5 Å². The fourth-order valence-corrected chi connectivity index (χ4v) is 2.35. The number of hydrogen-bond donors (Lipinski definition) is 1. The normalized spacial score (nSPS) is 18.0. The van der Waals surface area contributed by atoms with Crippen LogP contribution in [0, 0.1) is 0 Å². The molecule has 0 aromatic heterocycles. The number of hydrogen-bond acceptors (Lipinski definition) is 4. The molecule has 22 heavy (non-hydrogen) atoms. The number of amides is 1. The SMILES string of the molecule is O=C(O)C[C@H]1CN(C(=O)CCCOc2ccccc2)CCO1. The molecule has 1 aliphatic rings. The predicted octanol–water partition coefficient (Wildman–Crippen LogP) is 1.55. The fraction of sp³-hybridized carbons (Fsp3) is 0.500. The van der Waals surface area contributed by atoms with Crippen LogP contribution in [0.5, 0.6) is 5.75 Å². The van der Waals surface area contributed by atoms with Crippen LogP contribution in [0.15, 0.2) is 30.3 Å². The van der Waals surface area contributed by atoms with Crippen LogP contribution in [0.2, 0.25) is 0 Å². The van der Waals surface area contributed by atoms with Crippen LogP contribution in [-0.2, 0) is 14.3 Å². The summed E-state index contributed by atoms with van der Waals surface area (Å²) < 4.78 is 10.9. The van der Waals surface area contributed by atoms with Gasteiger partial charge in [0.15, 0.2) is 0 Å². The van der Waals surface area contributed by atoms with Crippen LogP contribution >= 0.6 is 0 Å². The first-order valence-corrected chi connectivity index (χ1v) is 7.44. The lowest BCUT2D eigenvalue weighted by Gasteiger charge is -2.32. The molecule has 0 aliphatic carbocycles. The molecule has 0 spiro atoms. The number of ether oxygens (including phenoxy) is 2. The first-order valence-electron chi connectivity index (χ1n) is 7.44. The van der Waals surface area contributed by atoms with E-state index in [1.165, 1.54) is 0 Å². The first-order chi connectivity index (χ1) is 10.6. The van der Waals surface area contributed by atoms with Gasteiger partial charge in [-0.15, -0.1) is 0 Å². The standard InChI is InChI=1S/C16H21NO5/c18-15(7-4-9-21-13-5-2-1-3-6-13)17-8-10-22-14(12-17)11-16(19)20/h1-3,5-6,14H,4,7-12H2,(H,19,20)/t14-/m0/s1. The highest BCUT2D eigenvalue weighted by atomic mass is 16.5. The summed E-state index contributed by atoms with van der Waals surface area (Å²) in [5.41, 5.74) is 0. The van der Waals surface area contributed by atoms with Gasteiger partial charge in [-0.25, -0.2) is 0 Å². The quantitative estimate of drug-likeness (QED) is 0.773. The van der Waals surface area contributed by atoms with Crippen LogP contribution < -0.4 is 4.74 Å². The minimum atomic E-state index is -0.907. The number of morpholine rings is 1. The summed E-state index contributed by atoms with van der Waals surface area (Å²) in [7, 11) is 0. The van der Waals surface area contributed by atoms with Crippen molar-refractivity contribution in [3.63, 3.8) is 0 Å². The van der Waals surface area contributed by atoms with Crippen molar-refractivity contribution in [2.24, 2.45) is 0 Å². The van der Waals surface area contributed by atoms with E-state index in [1.54, 1.807) is 4.90 Å². The second kappa shape index (κ2) is 8.38. The van der Waals surface area contributed by atoms with E-state index in [0.29, 0.717) is 39.1 Å². The molecule has 1 amide bonds. The minimum Gasteiger partial charge on any atom is -0.494 e. The van der Waals surface area contributed by atoms with Crippen molar-refractivity contribution in [3.8, 4) is 5.75 Å². The minimum absolute atomic E-state index is 0.0235. The molecule has 2 rings (SSSR count). The summed E-state index contributed by atoms with van der Waals surface area (Å²) in [6.45, 7) is 1.75. The van der Waals surface area contributed by atoms with E-state index in [2.05, 4.69) is 0 Å². The lowest BCUT2D eigenvalue weighted by Crippen LogP contribution is -2.46. The van der Waals surface area contributed by atoms with E-state index in [4.69, 9.17) is 14.6 Å². The van der Waals surface area contributed by atoms with Gasteiger partial charge in [0.1, 0.15) is 5.75 Å². The van der Waals surface area contributed by atoms with Crippen LogP contribution in [-0.4, -0.2) is 54.3 Å². The molecule has 1 heterocycles. The van der Waals surface area contributed by atoms with Crippen molar-refractivity contribution < 1.29 is 24.2 Å². The van der Waals surface area contributed by atoms with E-state index in [1.807, 2.05) is 30.3 Å². The molecule has 1 aromatic rings. The van der Waals surface area contributed by atoms with Crippen molar-refractivity contribution in [1.82, 2.24) is 4.90 Å². The Balaban J connectivity index is 1.67. The second-order valence-electron chi connectivity index (χ2n) is 5.20. The average Bonchev–Trinajstić information content (AvgIpc) is 2.52. The molecule has 1 atom stereocenters. The Kier molecular flexibility index (Phi) is 6.21. The highest BCUT2D eigenvalue weighted by Gasteiger charge is 2.25. The Labute approximate surface area is 129 Å². The van der Waals surface area contributed by atoms with Crippen molar-refractivity contribution >= 4 is 11.9 Å². The number of carboxylic acid groups (broad SMARTS) is 1. The maximum absolute atomic E-state index is 12.1. The Morgan fingerprint density at radius 1 is 1.32 bits per heavy atom. The summed E-state index contributed by atoms with van der Waals surface area (Å²) in [6.07, 6.45) is 0.554. The molecule has 0 radical (unpaired) electrons. The van der Waals surface area contributed by atoms with Crippen LogP contribution in [0.1, 0.15) is 19.3 Å². The van der Waals surface area contributed by atoms with Gasteiger partial charge in [0.05, 0.1) is 25.7 Å². The molecular weight excluding hydrogens is 286 g/mol. The highest BCUT2D eigenvalue weighted by Crippen LogP contribution is 2.12. The largest absolute Gasteiger partial charge is 0.494 e. The molecular formula is C16H21NO5. The molecule has 0 bridgehead atoms. The molecule has 0 unspecified atom stereocenters. The molecule has 1 saturated heterocycles. The van der Waals surface area contributed by atoms with Gasteiger partial charge in [-0.2, -0.15) is 0 Å². The zero-order valence-corrected chi connectivity index (χ0v) is 12.4. The summed E-state index contributed by atoms with van der Waals surface area (Å²) >= 11 is 0. The van der Waals surface area contributed by atoms with Crippen LogP contribution in [0.25, 0.3) is 0 Å². The molecule has 120 valence electrons. The monoisotopic (exact) mass is 307 g/mol. The van der Waals surface area contributed by atoms with E-state index in [0.717, 1.165) is 5.75 Å². The zero-order chi connectivity index (χ0) is 15.8.